The first-order chi connectivity index (χ1) is 9.06. The van der Waals surface area contributed by atoms with Crippen molar-refractivity contribution in [3.63, 3.8) is 0 Å². The number of aromatic nitrogens is 2. The predicted molar refractivity (Wildman–Crippen MR) is 73.0 cm³/mol. The first kappa shape index (κ1) is 12.3. The molecule has 0 amide bonds. The summed E-state index contributed by atoms with van der Waals surface area (Å²) in [6.07, 6.45) is 1.70. The van der Waals surface area contributed by atoms with Gasteiger partial charge in [-0.1, -0.05) is 0 Å². The normalized spacial score (nSPS) is 11.2. The van der Waals surface area contributed by atoms with Gasteiger partial charge < -0.3 is 4.40 Å². The van der Waals surface area contributed by atoms with Gasteiger partial charge >= 0.3 is 0 Å². The topological polar surface area (TPSA) is 17.3 Å². The molecule has 0 saturated heterocycles. The predicted octanol–water partition coefficient (Wildman–Crippen LogP) is 4.35. The lowest BCUT2D eigenvalue weighted by Crippen LogP contribution is -1.89. The van der Waals surface area contributed by atoms with Crippen molar-refractivity contribution in [3.8, 4) is 11.3 Å². The molecule has 1 aromatic carbocycles. The van der Waals surface area contributed by atoms with E-state index in [4.69, 9.17) is 0 Å². The summed E-state index contributed by atoms with van der Waals surface area (Å²) in [6.45, 7) is 1.92. The first-order valence-electron chi connectivity index (χ1n) is 5.66. The number of hydrogen-bond donors (Lipinski definition) is 0. The molecule has 0 N–H and O–H groups in total. The molecule has 0 spiro atoms. The molecular weight excluding hydrogens is 314 g/mol. The minimum atomic E-state index is -0.485. The minimum absolute atomic E-state index is 0.166. The molecule has 2 heterocycles. The zero-order valence-corrected chi connectivity index (χ0v) is 11.6. The number of halogens is 3. The van der Waals surface area contributed by atoms with E-state index in [1.807, 2.05) is 23.5 Å². The van der Waals surface area contributed by atoms with Crippen molar-refractivity contribution in [1.29, 1.82) is 0 Å². The van der Waals surface area contributed by atoms with Crippen molar-refractivity contribution in [2.24, 2.45) is 0 Å². The van der Waals surface area contributed by atoms with Crippen molar-refractivity contribution in [2.45, 2.75) is 6.92 Å². The van der Waals surface area contributed by atoms with E-state index in [-0.39, 0.29) is 5.56 Å². The molecule has 2 nitrogen and oxygen atoms in total. The maximum atomic E-state index is 13.7. The van der Waals surface area contributed by atoms with E-state index in [9.17, 15) is 8.78 Å². The Morgan fingerprint density at radius 2 is 1.95 bits per heavy atom. The quantitative estimate of drug-likeness (QED) is 0.651. The Hall–Kier alpha value is -1.75. The Labute approximate surface area is 116 Å². The van der Waals surface area contributed by atoms with Crippen LogP contribution in [0.25, 0.3) is 16.9 Å². The van der Waals surface area contributed by atoms with Gasteiger partial charge in [0.25, 0.3) is 0 Å². The number of benzene rings is 1. The fourth-order valence-electron chi connectivity index (χ4n) is 1.99. The SMILES string of the molecule is Cc1c(Br)ccc2nc(-c3cc(F)ccc3F)cn12. The van der Waals surface area contributed by atoms with Crippen molar-refractivity contribution < 1.29 is 8.78 Å². The molecule has 2 aromatic heterocycles. The van der Waals surface area contributed by atoms with E-state index in [0.29, 0.717) is 11.3 Å². The monoisotopic (exact) mass is 322 g/mol. The molecule has 0 aliphatic carbocycles. The summed E-state index contributed by atoms with van der Waals surface area (Å²) in [5, 5.41) is 0. The van der Waals surface area contributed by atoms with Gasteiger partial charge in [-0.15, -0.1) is 0 Å². The van der Waals surface area contributed by atoms with Gasteiger partial charge in [0.2, 0.25) is 0 Å². The summed E-state index contributed by atoms with van der Waals surface area (Å²) < 4.78 is 29.7. The van der Waals surface area contributed by atoms with Crippen LogP contribution in [0.5, 0.6) is 0 Å². The van der Waals surface area contributed by atoms with Crippen molar-refractivity contribution in [2.75, 3.05) is 0 Å². The van der Waals surface area contributed by atoms with Crippen LogP contribution >= 0.6 is 15.9 Å². The smallest absolute Gasteiger partial charge is 0.137 e. The second-order valence-corrected chi connectivity index (χ2v) is 5.10. The largest absolute Gasteiger partial charge is 0.303 e. The van der Waals surface area contributed by atoms with Crippen LogP contribution in [0, 0.1) is 18.6 Å². The fraction of sp³-hybridized carbons (Fsp3) is 0.0714. The summed E-state index contributed by atoms with van der Waals surface area (Å²) in [5.41, 5.74) is 2.23. The Kier molecular flexibility index (Phi) is 2.86. The van der Waals surface area contributed by atoms with Gasteiger partial charge in [-0.05, 0) is 53.2 Å². The van der Waals surface area contributed by atoms with E-state index in [1.54, 1.807) is 6.20 Å². The highest BCUT2D eigenvalue weighted by atomic mass is 79.9. The number of fused-ring (bicyclic) bond motifs is 1. The molecule has 5 heteroatoms. The van der Waals surface area contributed by atoms with E-state index in [1.165, 1.54) is 0 Å². The van der Waals surface area contributed by atoms with Gasteiger partial charge in [0.15, 0.2) is 0 Å². The summed E-state index contributed by atoms with van der Waals surface area (Å²) in [6, 6.07) is 7.05. The first-order valence-corrected chi connectivity index (χ1v) is 6.45. The molecule has 0 radical (unpaired) electrons. The van der Waals surface area contributed by atoms with Crippen molar-refractivity contribution >= 4 is 21.6 Å². The van der Waals surface area contributed by atoms with Crippen LogP contribution in [-0.4, -0.2) is 9.38 Å². The molecule has 0 fully saturated rings. The zero-order chi connectivity index (χ0) is 13.6. The van der Waals surface area contributed by atoms with Gasteiger partial charge in [-0.3, -0.25) is 0 Å². The second-order valence-electron chi connectivity index (χ2n) is 4.25. The molecule has 0 aliphatic rings. The lowest BCUT2D eigenvalue weighted by Gasteiger charge is -2.00. The van der Waals surface area contributed by atoms with Gasteiger partial charge in [0, 0.05) is 21.9 Å². The van der Waals surface area contributed by atoms with E-state index < -0.39 is 11.6 Å². The molecule has 3 rings (SSSR count). The number of nitrogens with zero attached hydrogens (tertiary/aromatic N) is 2. The number of pyridine rings is 1. The summed E-state index contributed by atoms with van der Waals surface area (Å²) in [4.78, 5) is 4.32. The average Bonchev–Trinajstić information content (AvgIpc) is 2.81. The third kappa shape index (κ3) is 2.04. The Morgan fingerprint density at radius 1 is 1.16 bits per heavy atom. The molecular formula is C14H9BrF2N2. The second kappa shape index (κ2) is 4.42. The standard InChI is InChI=1S/C14H9BrF2N2/c1-8-11(15)3-5-14-18-13(7-19(8)14)10-6-9(16)2-4-12(10)17/h2-7H,1H3. The maximum Gasteiger partial charge on any atom is 0.137 e. The van der Waals surface area contributed by atoms with E-state index >= 15 is 0 Å². The van der Waals surface area contributed by atoms with E-state index in [2.05, 4.69) is 20.9 Å². The maximum absolute atomic E-state index is 13.7. The lowest BCUT2D eigenvalue weighted by atomic mass is 10.1. The highest BCUT2D eigenvalue weighted by molar-refractivity contribution is 9.10. The molecule has 19 heavy (non-hydrogen) atoms. The van der Waals surface area contributed by atoms with Gasteiger partial charge in [-0.25, -0.2) is 13.8 Å². The average molecular weight is 323 g/mol. The van der Waals surface area contributed by atoms with Crippen LogP contribution < -0.4 is 0 Å². The number of rotatable bonds is 1. The van der Waals surface area contributed by atoms with Crippen LogP contribution in [0.15, 0.2) is 41.0 Å². The van der Waals surface area contributed by atoms with Crippen LogP contribution in [-0.2, 0) is 0 Å². The summed E-state index contributed by atoms with van der Waals surface area (Å²) in [7, 11) is 0. The highest BCUT2D eigenvalue weighted by Crippen LogP contribution is 2.25. The van der Waals surface area contributed by atoms with Crippen molar-refractivity contribution in [3.05, 3.63) is 58.3 Å². The third-order valence-electron chi connectivity index (χ3n) is 3.02. The number of hydrogen-bond acceptors (Lipinski definition) is 1. The molecule has 3 aromatic rings. The summed E-state index contributed by atoms with van der Waals surface area (Å²) in [5.74, 6) is -0.965. The van der Waals surface area contributed by atoms with Crippen LogP contribution in [0.1, 0.15) is 5.69 Å². The summed E-state index contributed by atoms with van der Waals surface area (Å²) >= 11 is 3.43. The van der Waals surface area contributed by atoms with Crippen LogP contribution in [0.4, 0.5) is 8.78 Å². The number of aryl methyl sites for hydroxylation is 1. The molecule has 0 aliphatic heterocycles. The molecule has 0 saturated carbocycles. The molecule has 0 unspecified atom stereocenters. The number of imidazole rings is 1. The lowest BCUT2D eigenvalue weighted by molar-refractivity contribution is 0.603. The zero-order valence-electron chi connectivity index (χ0n) is 9.99. The fourth-order valence-corrected chi connectivity index (χ4v) is 2.31. The molecule has 0 bridgehead atoms. The molecule has 96 valence electrons. The highest BCUT2D eigenvalue weighted by Gasteiger charge is 2.12. The van der Waals surface area contributed by atoms with Gasteiger partial charge in [-0.2, -0.15) is 0 Å². The van der Waals surface area contributed by atoms with Crippen LogP contribution in [0.2, 0.25) is 0 Å². The van der Waals surface area contributed by atoms with Gasteiger partial charge in [0.1, 0.15) is 17.3 Å². The Morgan fingerprint density at radius 3 is 2.74 bits per heavy atom. The third-order valence-corrected chi connectivity index (χ3v) is 3.86. The Balaban J connectivity index is 2.26. The Bertz CT molecular complexity index is 780. The van der Waals surface area contributed by atoms with Gasteiger partial charge in [0.05, 0.1) is 5.69 Å². The van der Waals surface area contributed by atoms with Crippen molar-refractivity contribution in [1.82, 2.24) is 9.38 Å². The van der Waals surface area contributed by atoms with E-state index in [0.717, 1.165) is 28.4 Å². The molecule has 0 atom stereocenters. The van der Waals surface area contributed by atoms with Crippen LogP contribution in [0.3, 0.4) is 0 Å². The minimum Gasteiger partial charge on any atom is -0.303 e.